The second-order valence-corrected chi connectivity index (χ2v) is 2.27. The highest BCUT2D eigenvalue weighted by Gasteiger charge is 1.84. The van der Waals surface area contributed by atoms with Crippen LogP contribution in [0.15, 0.2) is 0 Å². The highest BCUT2D eigenvalue weighted by molar-refractivity contribution is 7.79. The third-order valence-corrected chi connectivity index (χ3v) is 0. The second kappa shape index (κ2) is 9.23. The van der Waals surface area contributed by atoms with Gasteiger partial charge in [-0.25, -0.2) is 0 Å². The minimum atomic E-state index is -4.67. The van der Waals surface area contributed by atoms with Gasteiger partial charge < -0.3 is 5.21 Å². The molecule has 13 heavy (non-hydrogen) atoms. The molecule has 0 bridgehead atoms. The highest BCUT2D eigenvalue weighted by atomic mass is 32.3. The third-order valence-electron chi connectivity index (χ3n) is 0. The molecule has 0 heterocycles. The zero-order valence-electron chi connectivity index (χ0n) is 5.54. The van der Waals surface area contributed by atoms with Crippen LogP contribution >= 0.6 is 0 Å². The summed E-state index contributed by atoms with van der Waals surface area (Å²) in [6.07, 6.45) is 0. The van der Waals surface area contributed by atoms with Crippen LogP contribution in [0.5, 0.6) is 0 Å². The lowest BCUT2D eigenvalue weighted by Gasteiger charge is -1.68. The van der Waals surface area contributed by atoms with Crippen LogP contribution in [0.3, 0.4) is 0 Å². The van der Waals surface area contributed by atoms with Crippen molar-refractivity contribution in [3.05, 3.63) is 10.1 Å². The maximum Gasteiger partial charge on any atom is 0.394 e. The Kier molecular flexibility index (Phi) is 12.8. The Morgan fingerprint density at radius 2 is 1.23 bits per heavy atom. The summed E-state index contributed by atoms with van der Waals surface area (Å²) in [5.41, 5.74) is 0. The second-order valence-electron chi connectivity index (χ2n) is 0.916. The van der Waals surface area contributed by atoms with Gasteiger partial charge in [0.15, 0.2) is 0 Å². The largest absolute Gasteiger partial charge is 0.394 e. The number of hydrogen-bond donors (Lipinski definition) is 5. The van der Waals surface area contributed by atoms with Gasteiger partial charge in [0.1, 0.15) is 0 Å². The smallest absolute Gasteiger partial charge is 0.328 e. The van der Waals surface area contributed by atoms with Gasteiger partial charge in [-0.05, 0) is 0 Å². The van der Waals surface area contributed by atoms with E-state index in [0.29, 0.717) is 0 Å². The van der Waals surface area contributed by atoms with Crippen molar-refractivity contribution in [3.63, 3.8) is 0 Å². The maximum atomic E-state index is 8.74. The Morgan fingerprint density at radius 1 is 1.23 bits per heavy atom. The zero-order chi connectivity index (χ0) is 11.7. The van der Waals surface area contributed by atoms with Crippen molar-refractivity contribution < 1.29 is 41.1 Å². The molecule has 0 rings (SSSR count). The van der Waals surface area contributed by atoms with E-state index >= 15 is 0 Å². The first kappa shape index (κ1) is 18.0. The lowest BCUT2D eigenvalue weighted by atomic mass is 13.1. The van der Waals surface area contributed by atoms with E-state index in [9.17, 15) is 0 Å². The van der Waals surface area contributed by atoms with E-state index in [1.807, 2.05) is 0 Å². The molecule has 11 nitrogen and oxygen atoms in total. The van der Waals surface area contributed by atoms with Gasteiger partial charge in [-0.2, -0.15) is 12.6 Å². The van der Waals surface area contributed by atoms with Crippen molar-refractivity contribution in [1.29, 1.82) is 0 Å². The highest BCUT2D eigenvalue weighted by Crippen LogP contribution is 1.59. The molecule has 0 aliphatic heterocycles. The summed E-state index contributed by atoms with van der Waals surface area (Å²) in [7, 11) is -4.67. The van der Waals surface area contributed by atoms with Crippen molar-refractivity contribution in [1.82, 2.24) is 0 Å². The van der Waals surface area contributed by atoms with Gasteiger partial charge in [-0.15, -0.1) is 10.1 Å². The van der Waals surface area contributed by atoms with Gasteiger partial charge in [-0.3, -0.25) is 18.2 Å². The first-order chi connectivity index (χ1) is 5.46. The van der Waals surface area contributed by atoms with E-state index in [4.69, 9.17) is 46.2 Å². The molecular weight excluding hydrogens is 238 g/mol. The molecule has 0 saturated carbocycles. The lowest BCUT2D eigenvalue weighted by Crippen LogP contribution is -1.89. The summed E-state index contributed by atoms with van der Waals surface area (Å²) in [6, 6.07) is 0. The molecule has 0 aromatic heterocycles. The normalized spacial score (nSPS) is 9.00. The van der Waals surface area contributed by atoms with Crippen LogP contribution < -0.4 is 0 Å². The van der Waals surface area contributed by atoms with E-state index in [0.717, 1.165) is 0 Å². The molecule has 0 aromatic carbocycles. The fourth-order valence-electron chi connectivity index (χ4n) is 0. The molecule has 0 saturated heterocycles. The fraction of sp³-hybridized carbons (Fsp3) is 0. The minimum absolute atomic E-state index is 1.50. The van der Waals surface area contributed by atoms with Crippen LogP contribution in [0.2, 0.25) is 0 Å². The summed E-state index contributed by atoms with van der Waals surface area (Å²) in [5, 5.41) is 13.6. The van der Waals surface area contributed by atoms with Gasteiger partial charge in [-0.1, -0.05) is 0 Å². The van der Waals surface area contributed by atoms with Crippen molar-refractivity contribution in [3.8, 4) is 0 Å². The minimum Gasteiger partial charge on any atom is -0.328 e. The van der Waals surface area contributed by atoms with Gasteiger partial charge in [0.05, 0.1) is 0 Å². The van der Waals surface area contributed by atoms with Crippen LogP contribution in [0.4, 0.5) is 0 Å². The molecule has 0 unspecified atom stereocenters. The van der Waals surface area contributed by atoms with E-state index in [2.05, 4.69) is 0 Å². The molecule has 0 fully saturated rings. The van der Waals surface area contributed by atoms with E-state index in [-0.39, 0.29) is 0 Å². The number of rotatable bonds is 0. The van der Waals surface area contributed by atoms with Crippen LogP contribution in [-0.2, 0) is 21.8 Å². The third kappa shape index (κ3) is 1260. The summed E-state index contributed by atoms with van der Waals surface area (Å²) in [6.45, 7) is 0. The Morgan fingerprint density at radius 3 is 1.23 bits per heavy atom. The van der Waals surface area contributed by atoms with Crippen molar-refractivity contribution in [2.45, 2.75) is 0 Å². The molecular formula is H5NO10S2. The average molecular weight is 243 g/mol. The molecule has 0 radical (unpaired) electrons. The van der Waals surface area contributed by atoms with Crippen molar-refractivity contribution >= 4 is 21.8 Å². The van der Waals surface area contributed by atoms with E-state index in [1.165, 1.54) is 0 Å². The number of nitrogens with zero attached hydrogens (tertiary/aromatic N) is 1. The predicted molar refractivity (Wildman–Crippen MR) is 36.4 cm³/mol. The molecule has 0 aliphatic rings. The Balaban J connectivity index is -0.000000117. The number of hydrogen-bond acceptors (Lipinski definition) is 5. The molecule has 0 aliphatic carbocycles. The zero-order valence-corrected chi connectivity index (χ0v) is 7.17. The Labute approximate surface area is 73.8 Å². The average Bonchev–Trinajstić information content (AvgIpc) is 1.50. The van der Waals surface area contributed by atoms with Crippen LogP contribution in [0.25, 0.3) is 0 Å². The fourth-order valence-corrected chi connectivity index (χ4v) is 0. The predicted octanol–water partition coefficient (Wildman–Crippen LogP) is -1.32. The summed E-state index contributed by atoms with van der Waals surface area (Å²) in [5.74, 6) is 0. The van der Waals surface area contributed by atoms with E-state index < -0.39 is 26.8 Å². The molecule has 0 amide bonds. The Hall–Kier alpha value is -0.860. The first-order valence-electron chi connectivity index (χ1n) is 1.80. The molecule has 0 spiro atoms. The molecule has 0 aromatic rings. The lowest BCUT2D eigenvalue weighted by molar-refractivity contribution is -0.742. The topological polar surface area (TPSA) is 196 Å². The van der Waals surface area contributed by atoms with Crippen molar-refractivity contribution in [2.75, 3.05) is 0 Å². The van der Waals surface area contributed by atoms with E-state index in [1.54, 1.807) is 0 Å². The first-order valence-corrected chi connectivity index (χ1v) is 4.26. The van der Waals surface area contributed by atoms with Crippen molar-refractivity contribution in [2.24, 2.45) is 0 Å². The van der Waals surface area contributed by atoms with Gasteiger partial charge in [0, 0.05) is 0 Å². The van der Waals surface area contributed by atoms with Gasteiger partial charge in [0.2, 0.25) is 0 Å². The SMILES string of the molecule is O=S(=O)(O)O.O=S(O)O.O=[N+]([O-])O. The van der Waals surface area contributed by atoms with Crippen LogP contribution in [0, 0.1) is 10.1 Å². The Bertz CT molecular complexity index is 208. The molecule has 82 valence electrons. The maximum absolute atomic E-state index is 8.74. The molecule has 13 heteroatoms. The van der Waals surface area contributed by atoms with Crippen LogP contribution in [0.1, 0.15) is 0 Å². The monoisotopic (exact) mass is 243 g/mol. The quantitative estimate of drug-likeness (QED) is 0.147. The van der Waals surface area contributed by atoms with Crippen LogP contribution in [-0.4, -0.2) is 41.1 Å². The molecule has 5 N–H and O–H groups in total. The summed E-state index contributed by atoms with van der Waals surface area (Å²) in [4.78, 5) is 8.36. The standard InChI is InChI=1S/HNO3.H2O4S.H2O3S/c2-1(3)4;1-5(2,3)4;1-4(2)3/h(H,2,3,4);(H2,1,2,3,4);(H2,1,2,3). The summed E-state index contributed by atoms with van der Waals surface area (Å²) < 4.78 is 54.4. The van der Waals surface area contributed by atoms with Gasteiger partial charge in [0.25, 0.3) is 16.4 Å². The molecule has 0 atom stereocenters. The van der Waals surface area contributed by atoms with Gasteiger partial charge >= 0.3 is 10.4 Å². The summed E-state index contributed by atoms with van der Waals surface area (Å²) >= 11 is -2.61.